The van der Waals surface area contributed by atoms with Crippen molar-refractivity contribution in [1.29, 1.82) is 0 Å². The number of hydroxylamine groups is 2. The number of nitrogens with zero attached hydrogens (tertiary/aromatic N) is 1. The van der Waals surface area contributed by atoms with E-state index in [1.807, 2.05) is 66.7 Å². The number of carbonyl (C=O) groups excluding carboxylic acids is 5. The van der Waals surface area contributed by atoms with Gasteiger partial charge in [-0.25, -0.2) is 9.59 Å². The van der Waals surface area contributed by atoms with Crippen LogP contribution in [0.3, 0.4) is 0 Å². The lowest BCUT2D eigenvalue weighted by Gasteiger charge is -2.48. The molecule has 3 N–H and O–H groups in total. The molecular weight excluding hydrogens is 811 g/mol. The zero-order chi connectivity index (χ0) is 43.9. The van der Waals surface area contributed by atoms with Gasteiger partial charge in [0.1, 0.15) is 36.4 Å². The first kappa shape index (κ1) is 42.1. The third-order valence-electron chi connectivity index (χ3n) is 12.4. The molecule has 326 valence electrons. The van der Waals surface area contributed by atoms with Crippen LogP contribution in [0.1, 0.15) is 58.4 Å². The summed E-state index contributed by atoms with van der Waals surface area (Å²) < 4.78 is 30.9. The van der Waals surface area contributed by atoms with Gasteiger partial charge in [-0.1, -0.05) is 111 Å². The number of hydrogen-bond acceptors (Lipinski definition) is 13. The number of amides is 2. The highest BCUT2D eigenvalue weighted by Gasteiger charge is 2.76. The van der Waals surface area contributed by atoms with Gasteiger partial charge in [0.15, 0.2) is 6.04 Å². The SMILES string of the molecule is CC1(C)COC(=O)[C@@H]1OC(=O)C=Cc1ccccc1CN1O[C@@H]2[C@H]3OC(c4ccccc4)(c4ccccc4)O[C@H]3[C@@H]3C[C@]2(C(=O)NCc2cccc(C(=O)NCCO)c2)[C@@H]1C(=O)O3. The lowest BCUT2D eigenvalue weighted by Crippen LogP contribution is -2.69. The van der Waals surface area contributed by atoms with E-state index in [0.29, 0.717) is 33.4 Å². The van der Waals surface area contributed by atoms with E-state index in [4.69, 9.17) is 28.5 Å². The lowest BCUT2D eigenvalue weighted by molar-refractivity contribution is -0.213. The highest BCUT2D eigenvalue weighted by atomic mass is 16.8. The Kier molecular flexibility index (Phi) is 11.2. The first-order chi connectivity index (χ1) is 30.4. The molecule has 1 saturated carbocycles. The molecule has 0 unspecified atom stereocenters. The topological polar surface area (TPSA) is 188 Å². The number of aliphatic hydroxyl groups is 1. The van der Waals surface area contributed by atoms with Crippen molar-refractivity contribution < 1.29 is 57.6 Å². The quantitative estimate of drug-likeness (QED) is 0.100. The average molecular weight is 858 g/mol. The van der Waals surface area contributed by atoms with Crippen molar-refractivity contribution in [1.82, 2.24) is 15.7 Å². The lowest BCUT2D eigenvalue weighted by atomic mass is 9.62. The summed E-state index contributed by atoms with van der Waals surface area (Å²) >= 11 is 0. The van der Waals surface area contributed by atoms with Crippen molar-refractivity contribution in [3.63, 3.8) is 0 Å². The minimum absolute atomic E-state index is 0.0146. The standard InChI is InChI=1S/C48H47N3O12/c1-46(2)28-58-44(56)41(46)60-36(53)21-20-30-13-9-10-14-32(30)27-51-39-43(55)59-35-25-47(39,45(57)50-26-29-12-11-15-31(24-29)42(54)49-22-23-52)40(63-51)38-37(35)61-48(62-38,33-16-5-3-6-17-33)34-18-7-4-8-19-34/h3-21,24,35,37-41,52H,22-23,25-28H2,1-2H3,(H,49,54)(H,50,57)/t35-,37-,38-,39-,40+,41-,47-/m0/s1. The number of cyclic esters (lactones) is 1. The van der Waals surface area contributed by atoms with Gasteiger partial charge in [-0.3, -0.25) is 19.2 Å². The molecule has 0 spiro atoms. The normalized spacial score (nSPS) is 27.6. The van der Waals surface area contributed by atoms with Crippen LogP contribution >= 0.6 is 0 Å². The number of nitrogens with one attached hydrogen (secondary N) is 2. The zero-order valence-corrected chi connectivity index (χ0v) is 34.6. The Hall–Kier alpha value is -6.23. The van der Waals surface area contributed by atoms with E-state index >= 15 is 4.79 Å². The van der Waals surface area contributed by atoms with Crippen LogP contribution in [0.25, 0.3) is 6.08 Å². The van der Waals surface area contributed by atoms with Crippen LogP contribution in [0, 0.1) is 10.8 Å². The molecule has 4 saturated heterocycles. The van der Waals surface area contributed by atoms with Gasteiger partial charge < -0.3 is 39.4 Å². The molecule has 4 aromatic rings. The van der Waals surface area contributed by atoms with E-state index in [1.165, 1.54) is 11.1 Å². The monoisotopic (exact) mass is 857 g/mol. The second-order valence-corrected chi connectivity index (χ2v) is 17.0. The first-order valence-corrected chi connectivity index (χ1v) is 20.9. The summed E-state index contributed by atoms with van der Waals surface area (Å²) in [6, 6.07) is 31.6. The van der Waals surface area contributed by atoms with E-state index in [0.717, 1.165) is 0 Å². The maximum atomic E-state index is 15.1. The van der Waals surface area contributed by atoms with Crippen molar-refractivity contribution in [3.8, 4) is 0 Å². The summed E-state index contributed by atoms with van der Waals surface area (Å²) in [4.78, 5) is 74.4. The second kappa shape index (κ2) is 16.8. The highest BCUT2D eigenvalue weighted by molar-refractivity contribution is 5.95. The molecule has 5 aliphatic rings. The van der Waals surface area contributed by atoms with Crippen molar-refractivity contribution in [2.24, 2.45) is 10.8 Å². The molecule has 2 amide bonds. The van der Waals surface area contributed by atoms with Crippen LogP contribution in [0.2, 0.25) is 0 Å². The number of hydrogen-bond donors (Lipinski definition) is 3. The Morgan fingerprint density at radius 2 is 1.56 bits per heavy atom. The summed E-state index contributed by atoms with van der Waals surface area (Å²) in [5.74, 6) is -4.30. The van der Waals surface area contributed by atoms with Gasteiger partial charge in [0.2, 0.25) is 17.8 Å². The third kappa shape index (κ3) is 7.59. The molecule has 4 aromatic carbocycles. The van der Waals surface area contributed by atoms with Gasteiger partial charge in [-0.05, 0) is 34.9 Å². The molecule has 7 atom stereocenters. The summed E-state index contributed by atoms with van der Waals surface area (Å²) in [6.07, 6.45) is -1.90. The van der Waals surface area contributed by atoms with Crippen LogP contribution < -0.4 is 10.6 Å². The molecular formula is C48H47N3O12. The molecule has 63 heavy (non-hydrogen) atoms. The Morgan fingerprint density at radius 1 is 0.857 bits per heavy atom. The van der Waals surface area contributed by atoms with Crippen LogP contribution in [0.5, 0.6) is 0 Å². The minimum atomic E-state index is -1.54. The molecule has 15 heteroatoms. The number of aliphatic hydroxyl groups excluding tert-OH is 1. The number of carbonyl (C=O) groups is 5. The zero-order valence-electron chi connectivity index (χ0n) is 34.6. The van der Waals surface area contributed by atoms with Gasteiger partial charge in [0.25, 0.3) is 5.91 Å². The van der Waals surface area contributed by atoms with Crippen LogP contribution in [0.4, 0.5) is 0 Å². The predicted molar refractivity (Wildman–Crippen MR) is 222 cm³/mol. The van der Waals surface area contributed by atoms with Crippen molar-refractivity contribution in [2.45, 2.75) is 75.7 Å². The molecule has 0 radical (unpaired) electrons. The largest absolute Gasteiger partial charge is 0.462 e. The van der Waals surface area contributed by atoms with Crippen LogP contribution in [0.15, 0.2) is 115 Å². The average Bonchev–Trinajstić information content (AvgIpc) is 3.96. The number of fused-ring (bicyclic) bond motifs is 4. The molecule has 9 rings (SSSR count). The van der Waals surface area contributed by atoms with Gasteiger partial charge in [0, 0.05) is 47.7 Å². The fraction of sp³-hybridized carbons (Fsp3) is 0.354. The fourth-order valence-corrected chi connectivity index (χ4v) is 9.39. The maximum Gasteiger partial charge on any atom is 0.348 e. The van der Waals surface area contributed by atoms with Crippen LogP contribution in [-0.4, -0.2) is 96.2 Å². The molecule has 5 fully saturated rings. The third-order valence-corrected chi connectivity index (χ3v) is 12.4. The number of ether oxygens (including phenoxy) is 5. The smallest absolute Gasteiger partial charge is 0.348 e. The van der Waals surface area contributed by atoms with E-state index in [1.54, 1.807) is 62.4 Å². The number of benzene rings is 4. The molecule has 4 heterocycles. The van der Waals surface area contributed by atoms with Gasteiger partial charge in [-0.2, -0.15) is 5.06 Å². The number of rotatable bonds is 13. The summed E-state index contributed by atoms with van der Waals surface area (Å²) in [6.45, 7) is 3.58. The van der Waals surface area contributed by atoms with Crippen molar-refractivity contribution in [3.05, 3.63) is 149 Å². The first-order valence-electron chi connectivity index (χ1n) is 20.9. The van der Waals surface area contributed by atoms with Crippen molar-refractivity contribution in [2.75, 3.05) is 19.8 Å². The molecule has 1 aliphatic carbocycles. The van der Waals surface area contributed by atoms with Gasteiger partial charge >= 0.3 is 17.9 Å². The fourth-order valence-electron chi connectivity index (χ4n) is 9.39. The molecule has 0 aromatic heterocycles. The van der Waals surface area contributed by atoms with E-state index in [-0.39, 0.29) is 45.2 Å². The Labute approximate surface area is 363 Å². The predicted octanol–water partition coefficient (Wildman–Crippen LogP) is 3.72. The van der Waals surface area contributed by atoms with E-state index < -0.39 is 77.0 Å². The Bertz CT molecular complexity index is 2400. The second-order valence-electron chi connectivity index (χ2n) is 17.0. The molecule has 15 nitrogen and oxygen atoms in total. The Balaban J connectivity index is 1.05. The summed E-state index contributed by atoms with van der Waals surface area (Å²) in [5, 5.41) is 16.4. The highest BCUT2D eigenvalue weighted by Crippen LogP contribution is 2.59. The molecule has 2 bridgehead atoms. The minimum Gasteiger partial charge on any atom is -0.462 e. The van der Waals surface area contributed by atoms with E-state index in [9.17, 15) is 24.3 Å². The summed E-state index contributed by atoms with van der Waals surface area (Å²) in [7, 11) is 0. The van der Waals surface area contributed by atoms with Crippen molar-refractivity contribution >= 4 is 35.8 Å². The molecule has 4 aliphatic heterocycles. The Morgan fingerprint density at radius 3 is 2.25 bits per heavy atom. The maximum absolute atomic E-state index is 15.1. The number of esters is 3. The summed E-state index contributed by atoms with van der Waals surface area (Å²) in [5.41, 5.74) is 1.39. The van der Waals surface area contributed by atoms with Crippen LogP contribution in [-0.2, 0) is 66.6 Å². The van der Waals surface area contributed by atoms with Gasteiger partial charge in [0.05, 0.1) is 13.2 Å². The van der Waals surface area contributed by atoms with Gasteiger partial charge in [-0.15, -0.1) is 0 Å². The van der Waals surface area contributed by atoms with E-state index in [2.05, 4.69) is 10.6 Å².